The molecule has 0 unspecified atom stereocenters. The van der Waals surface area contributed by atoms with Gasteiger partial charge < -0.3 is 9.47 Å². The lowest BCUT2D eigenvalue weighted by atomic mass is 10.1. The second-order valence-corrected chi connectivity index (χ2v) is 5.21. The molecule has 0 saturated carbocycles. The van der Waals surface area contributed by atoms with Gasteiger partial charge in [-0.15, -0.1) is 0 Å². The Hall–Kier alpha value is -1.06. The van der Waals surface area contributed by atoms with Crippen LogP contribution in [0.4, 0.5) is 0 Å². The van der Waals surface area contributed by atoms with E-state index in [1.165, 1.54) is 10.8 Å². The van der Waals surface area contributed by atoms with Crippen molar-refractivity contribution in [3.8, 4) is 5.75 Å². The lowest BCUT2D eigenvalue weighted by Crippen LogP contribution is -2.07. The van der Waals surface area contributed by atoms with E-state index in [1.54, 1.807) is 0 Å². The summed E-state index contributed by atoms with van der Waals surface area (Å²) in [7, 11) is 0. The third kappa shape index (κ3) is 3.95. The molecular formula is C16H19BrO2. The van der Waals surface area contributed by atoms with Gasteiger partial charge in [0.15, 0.2) is 0 Å². The van der Waals surface area contributed by atoms with Crippen LogP contribution in [0.2, 0.25) is 0 Å². The molecule has 19 heavy (non-hydrogen) atoms. The SMILES string of the molecule is CCCCOCCOc1ccc2ccccc2c1Br. The Morgan fingerprint density at radius 2 is 1.84 bits per heavy atom. The van der Waals surface area contributed by atoms with Gasteiger partial charge in [0.05, 0.1) is 11.1 Å². The molecule has 0 aromatic heterocycles. The second-order valence-electron chi connectivity index (χ2n) is 4.41. The van der Waals surface area contributed by atoms with Gasteiger partial charge in [-0.25, -0.2) is 0 Å². The van der Waals surface area contributed by atoms with Crippen LogP contribution in [0.15, 0.2) is 40.9 Å². The molecular weight excluding hydrogens is 304 g/mol. The first-order valence-electron chi connectivity index (χ1n) is 6.70. The highest BCUT2D eigenvalue weighted by molar-refractivity contribution is 9.10. The number of hydrogen-bond acceptors (Lipinski definition) is 2. The van der Waals surface area contributed by atoms with E-state index in [0.717, 1.165) is 29.7 Å². The lowest BCUT2D eigenvalue weighted by Gasteiger charge is -2.10. The third-order valence-electron chi connectivity index (χ3n) is 2.96. The number of unbranched alkanes of at least 4 members (excludes halogenated alkanes) is 1. The molecule has 0 N–H and O–H groups in total. The standard InChI is InChI=1S/C16H19BrO2/c1-2-3-10-18-11-12-19-15-9-8-13-6-4-5-7-14(13)16(15)17/h4-9H,2-3,10-12H2,1H3. The van der Waals surface area contributed by atoms with E-state index >= 15 is 0 Å². The summed E-state index contributed by atoms with van der Waals surface area (Å²) in [4.78, 5) is 0. The molecule has 0 spiro atoms. The summed E-state index contributed by atoms with van der Waals surface area (Å²) in [5, 5.41) is 2.38. The molecule has 2 aromatic rings. The van der Waals surface area contributed by atoms with Gasteiger partial charge in [0, 0.05) is 6.61 Å². The van der Waals surface area contributed by atoms with Crippen LogP contribution in [0.1, 0.15) is 19.8 Å². The maximum Gasteiger partial charge on any atom is 0.134 e. The minimum Gasteiger partial charge on any atom is -0.490 e. The number of benzene rings is 2. The number of fused-ring (bicyclic) bond motifs is 1. The van der Waals surface area contributed by atoms with Gasteiger partial charge in [-0.3, -0.25) is 0 Å². The van der Waals surface area contributed by atoms with Gasteiger partial charge >= 0.3 is 0 Å². The molecule has 0 bridgehead atoms. The van der Waals surface area contributed by atoms with Crippen molar-refractivity contribution in [3.63, 3.8) is 0 Å². The topological polar surface area (TPSA) is 18.5 Å². The Morgan fingerprint density at radius 3 is 2.68 bits per heavy atom. The Bertz CT molecular complexity index is 525. The smallest absolute Gasteiger partial charge is 0.134 e. The third-order valence-corrected chi connectivity index (χ3v) is 3.77. The zero-order valence-electron chi connectivity index (χ0n) is 11.2. The van der Waals surface area contributed by atoms with Crippen LogP contribution < -0.4 is 4.74 Å². The van der Waals surface area contributed by atoms with Gasteiger partial charge in [-0.2, -0.15) is 0 Å². The fourth-order valence-electron chi connectivity index (χ4n) is 1.88. The molecule has 2 rings (SSSR count). The minimum atomic E-state index is 0.584. The normalized spacial score (nSPS) is 10.8. The van der Waals surface area contributed by atoms with Crippen LogP contribution in [-0.4, -0.2) is 19.8 Å². The molecule has 0 saturated heterocycles. The second kappa shape index (κ2) is 7.51. The van der Waals surface area contributed by atoms with Crippen LogP contribution >= 0.6 is 15.9 Å². The van der Waals surface area contributed by atoms with Crippen molar-refractivity contribution in [2.45, 2.75) is 19.8 Å². The largest absolute Gasteiger partial charge is 0.490 e. The summed E-state index contributed by atoms with van der Waals surface area (Å²) in [5.41, 5.74) is 0. The van der Waals surface area contributed by atoms with Crippen LogP contribution in [0.25, 0.3) is 10.8 Å². The van der Waals surface area contributed by atoms with Gasteiger partial charge in [0.25, 0.3) is 0 Å². The van der Waals surface area contributed by atoms with Gasteiger partial charge in [0.2, 0.25) is 0 Å². The van der Waals surface area contributed by atoms with Crippen molar-refractivity contribution in [2.75, 3.05) is 19.8 Å². The van der Waals surface area contributed by atoms with Gasteiger partial charge in [0.1, 0.15) is 12.4 Å². The fourth-order valence-corrected chi connectivity index (χ4v) is 2.49. The molecule has 0 fully saturated rings. The van der Waals surface area contributed by atoms with E-state index in [1.807, 2.05) is 18.2 Å². The predicted octanol–water partition coefficient (Wildman–Crippen LogP) is 4.80. The molecule has 3 heteroatoms. The summed E-state index contributed by atoms with van der Waals surface area (Å²) < 4.78 is 12.2. The van der Waals surface area contributed by atoms with Crippen LogP contribution in [0.5, 0.6) is 5.75 Å². The van der Waals surface area contributed by atoms with Crippen LogP contribution in [-0.2, 0) is 4.74 Å². The zero-order valence-corrected chi connectivity index (χ0v) is 12.8. The first-order chi connectivity index (χ1) is 9.33. The van der Waals surface area contributed by atoms with Gasteiger partial charge in [-0.05, 0) is 39.2 Å². The van der Waals surface area contributed by atoms with E-state index in [0.29, 0.717) is 13.2 Å². The number of halogens is 1. The van der Waals surface area contributed by atoms with Crippen molar-refractivity contribution in [2.24, 2.45) is 0 Å². The average Bonchev–Trinajstić information content (AvgIpc) is 2.45. The molecule has 2 aromatic carbocycles. The van der Waals surface area contributed by atoms with E-state index in [9.17, 15) is 0 Å². The van der Waals surface area contributed by atoms with E-state index in [4.69, 9.17) is 9.47 Å². The average molecular weight is 323 g/mol. The van der Waals surface area contributed by atoms with E-state index in [2.05, 4.69) is 41.1 Å². The maximum atomic E-state index is 5.75. The van der Waals surface area contributed by atoms with E-state index in [-0.39, 0.29) is 0 Å². The lowest BCUT2D eigenvalue weighted by molar-refractivity contribution is 0.0979. The van der Waals surface area contributed by atoms with Crippen molar-refractivity contribution < 1.29 is 9.47 Å². The molecule has 0 radical (unpaired) electrons. The molecule has 0 aliphatic heterocycles. The van der Waals surface area contributed by atoms with Crippen molar-refractivity contribution in [1.82, 2.24) is 0 Å². The fraction of sp³-hybridized carbons (Fsp3) is 0.375. The summed E-state index contributed by atoms with van der Waals surface area (Å²) in [6.07, 6.45) is 2.27. The van der Waals surface area contributed by atoms with Gasteiger partial charge in [-0.1, -0.05) is 43.7 Å². The summed E-state index contributed by atoms with van der Waals surface area (Å²) >= 11 is 3.61. The zero-order chi connectivity index (χ0) is 13.5. The molecule has 0 atom stereocenters. The monoisotopic (exact) mass is 322 g/mol. The Labute approximate surface area is 122 Å². The van der Waals surface area contributed by atoms with E-state index < -0.39 is 0 Å². The quantitative estimate of drug-likeness (QED) is 0.682. The number of hydrogen-bond donors (Lipinski definition) is 0. The molecule has 0 aliphatic rings. The molecule has 0 heterocycles. The summed E-state index contributed by atoms with van der Waals surface area (Å²) in [5.74, 6) is 0.873. The predicted molar refractivity (Wildman–Crippen MR) is 82.9 cm³/mol. The highest BCUT2D eigenvalue weighted by Gasteiger charge is 2.05. The molecule has 2 nitrogen and oxygen atoms in total. The number of rotatable bonds is 7. The molecule has 0 aliphatic carbocycles. The highest BCUT2D eigenvalue weighted by Crippen LogP contribution is 2.32. The Kier molecular flexibility index (Phi) is 5.67. The van der Waals surface area contributed by atoms with Crippen molar-refractivity contribution >= 4 is 26.7 Å². The summed E-state index contributed by atoms with van der Waals surface area (Å²) in [6.45, 7) is 4.20. The van der Waals surface area contributed by atoms with Crippen molar-refractivity contribution in [1.29, 1.82) is 0 Å². The first-order valence-corrected chi connectivity index (χ1v) is 7.50. The minimum absolute atomic E-state index is 0.584. The van der Waals surface area contributed by atoms with Crippen LogP contribution in [0, 0.1) is 0 Å². The highest BCUT2D eigenvalue weighted by atomic mass is 79.9. The molecule has 0 amide bonds. The summed E-state index contributed by atoms with van der Waals surface area (Å²) in [6, 6.07) is 12.3. The van der Waals surface area contributed by atoms with Crippen molar-refractivity contribution in [3.05, 3.63) is 40.9 Å². The Balaban J connectivity index is 1.92. The molecule has 102 valence electrons. The Morgan fingerprint density at radius 1 is 1.00 bits per heavy atom. The maximum absolute atomic E-state index is 5.75. The first kappa shape index (κ1) is 14.4. The number of ether oxygens (including phenoxy) is 2. The van der Waals surface area contributed by atoms with Crippen LogP contribution in [0.3, 0.4) is 0 Å².